The molecule has 9 heteroatoms. The van der Waals surface area contributed by atoms with Crippen LogP contribution in [-0.2, 0) is 4.79 Å². The summed E-state index contributed by atoms with van der Waals surface area (Å²) < 4.78 is 42.0. The Balaban J connectivity index is 1.53. The van der Waals surface area contributed by atoms with E-state index in [9.17, 15) is 23.1 Å². The van der Waals surface area contributed by atoms with Crippen molar-refractivity contribution in [1.82, 2.24) is 15.0 Å². The molecule has 2 bridgehead atoms. The molecule has 3 N–H and O–H groups in total. The Morgan fingerprint density at radius 3 is 2.76 bits per heavy atom. The molecule has 0 spiro atoms. The van der Waals surface area contributed by atoms with Crippen molar-refractivity contribution in [2.24, 2.45) is 17.8 Å². The Hall–Kier alpha value is -3.10. The zero-order chi connectivity index (χ0) is 20.3. The maximum Gasteiger partial charge on any atom is 0.308 e. The van der Waals surface area contributed by atoms with Crippen LogP contribution >= 0.6 is 0 Å². The molecule has 29 heavy (non-hydrogen) atoms. The number of H-pyrrole nitrogens is 1. The van der Waals surface area contributed by atoms with Gasteiger partial charge in [0.2, 0.25) is 0 Å². The molecule has 2 aliphatic carbocycles. The van der Waals surface area contributed by atoms with Gasteiger partial charge in [-0.1, -0.05) is 0 Å². The van der Waals surface area contributed by atoms with Gasteiger partial charge in [-0.3, -0.25) is 4.79 Å². The molecule has 2 heterocycles. The van der Waals surface area contributed by atoms with E-state index >= 15 is 0 Å². The third-order valence-corrected chi connectivity index (χ3v) is 6.20. The van der Waals surface area contributed by atoms with Gasteiger partial charge in [-0.25, -0.2) is 23.1 Å². The number of halogens is 3. The van der Waals surface area contributed by atoms with Gasteiger partial charge in [0.1, 0.15) is 11.6 Å². The van der Waals surface area contributed by atoms with E-state index in [2.05, 4.69) is 20.3 Å². The van der Waals surface area contributed by atoms with Gasteiger partial charge in [0.15, 0.2) is 17.5 Å². The number of carboxylic acid groups (broad SMARTS) is 1. The number of aromatic amines is 1. The number of fused-ring (bicyclic) bond motifs is 3. The van der Waals surface area contributed by atoms with Gasteiger partial charge in [0, 0.05) is 29.3 Å². The van der Waals surface area contributed by atoms with Crippen LogP contribution in [0.2, 0.25) is 0 Å². The molecule has 4 atom stereocenters. The number of aliphatic carboxylic acids is 1. The average molecular weight is 402 g/mol. The van der Waals surface area contributed by atoms with E-state index in [1.165, 1.54) is 6.20 Å². The number of nitrogens with zero attached hydrogens (tertiary/aromatic N) is 2. The molecule has 2 aliphatic rings. The van der Waals surface area contributed by atoms with Gasteiger partial charge in [-0.05, 0) is 37.2 Å². The fraction of sp³-hybridized carbons (Fsp3) is 0.350. The fourth-order valence-electron chi connectivity index (χ4n) is 4.95. The first-order chi connectivity index (χ1) is 13.9. The van der Waals surface area contributed by atoms with Crippen molar-refractivity contribution in [2.45, 2.75) is 25.3 Å². The zero-order valence-electron chi connectivity index (χ0n) is 15.1. The van der Waals surface area contributed by atoms with Crippen molar-refractivity contribution in [1.29, 1.82) is 0 Å². The van der Waals surface area contributed by atoms with E-state index in [0.29, 0.717) is 5.56 Å². The molecular weight excluding hydrogens is 385 g/mol. The van der Waals surface area contributed by atoms with Gasteiger partial charge in [0.25, 0.3) is 0 Å². The molecule has 3 aromatic rings. The van der Waals surface area contributed by atoms with Crippen molar-refractivity contribution in [2.75, 3.05) is 5.32 Å². The highest BCUT2D eigenvalue weighted by Crippen LogP contribution is 2.49. The summed E-state index contributed by atoms with van der Waals surface area (Å²) in [6.45, 7) is 0. The normalized spacial score (nSPS) is 25.6. The second kappa shape index (κ2) is 6.47. The van der Waals surface area contributed by atoms with Crippen LogP contribution in [-0.4, -0.2) is 32.1 Å². The molecule has 150 valence electrons. The lowest BCUT2D eigenvalue weighted by atomic mass is 9.84. The van der Waals surface area contributed by atoms with Crippen LogP contribution in [0.4, 0.5) is 19.0 Å². The molecule has 5 rings (SSSR count). The van der Waals surface area contributed by atoms with Crippen LogP contribution in [0.5, 0.6) is 0 Å². The third kappa shape index (κ3) is 2.83. The number of anilines is 1. The Labute approximate surface area is 163 Å². The summed E-state index contributed by atoms with van der Waals surface area (Å²) in [7, 11) is 0. The molecule has 1 aromatic carbocycles. The summed E-state index contributed by atoms with van der Waals surface area (Å²) >= 11 is 0. The Morgan fingerprint density at radius 1 is 1.17 bits per heavy atom. The summed E-state index contributed by atoms with van der Waals surface area (Å²) in [4.78, 5) is 22.6. The molecule has 4 unspecified atom stereocenters. The lowest BCUT2D eigenvalue weighted by molar-refractivity contribution is -0.143. The molecule has 0 saturated heterocycles. The van der Waals surface area contributed by atoms with E-state index in [0.717, 1.165) is 37.6 Å². The predicted molar refractivity (Wildman–Crippen MR) is 98.6 cm³/mol. The van der Waals surface area contributed by atoms with E-state index in [4.69, 9.17) is 0 Å². The standard InChI is InChI=1S/C20H17F3N4O2/c21-10-4-11-12(6-24-17(11)13(22)5-10)18-25-7-14(23)19(27-18)26-16-9-2-1-8(3-9)15(16)20(28)29/h4-9,15-16,24H,1-3H2,(H,28,29)(H,25,26,27). The molecule has 2 aromatic heterocycles. The first-order valence-corrected chi connectivity index (χ1v) is 9.40. The highest BCUT2D eigenvalue weighted by Gasteiger charge is 2.51. The van der Waals surface area contributed by atoms with Crippen molar-refractivity contribution in [3.8, 4) is 11.4 Å². The number of nitrogens with one attached hydrogen (secondary N) is 2. The Morgan fingerprint density at radius 2 is 1.97 bits per heavy atom. The minimum Gasteiger partial charge on any atom is -0.481 e. The zero-order valence-corrected chi connectivity index (χ0v) is 15.1. The average Bonchev–Trinajstić information content (AvgIpc) is 3.37. The Bertz CT molecular complexity index is 1130. The largest absolute Gasteiger partial charge is 0.481 e. The number of rotatable bonds is 4. The van der Waals surface area contributed by atoms with E-state index in [1.807, 2.05) is 0 Å². The maximum atomic E-state index is 14.4. The van der Waals surface area contributed by atoms with Gasteiger partial charge >= 0.3 is 5.97 Å². The van der Waals surface area contributed by atoms with Gasteiger partial charge < -0.3 is 15.4 Å². The second-order valence-electron chi connectivity index (χ2n) is 7.77. The van der Waals surface area contributed by atoms with Crippen LogP contribution in [0.3, 0.4) is 0 Å². The van der Waals surface area contributed by atoms with Crippen LogP contribution in [0.25, 0.3) is 22.3 Å². The molecule has 2 fully saturated rings. The van der Waals surface area contributed by atoms with Crippen molar-refractivity contribution in [3.63, 3.8) is 0 Å². The first-order valence-electron chi connectivity index (χ1n) is 9.40. The molecule has 6 nitrogen and oxygen atoms in total. The molecule has 0 radical (unpaired) electrons. The number of carbonyl (C=O) groups is 1. The quantitative estimate of drug-likeness (QED) is 0.615. The number of carboxylic acids is 1. The van der Waals surface area contributed by atoms with Crippen LogP contribution in [0.1, 0.15) is 19.3 Å². The lowest BCUT2D eigenvalue weighted by Gasteiger charge is -2.29. The minimum absolute atomic E-state index is 0.0823. The minimum atomic E-state index is -0.896. The van der Waals surface area contributed by atoms with E-state index < -0.39 is 35.4 Å². The highest BCUT2D eigenvalue weighted by atomic mass is 19.1. The number of hydrogen-bond acceptors (Lipinski definition) is 4. The SMILES string of the molecule is O=C(O)C1C2CCC(C2)C1Nc1nc(-c2c[nH]c3c(F)cc(F)cc23)ncc1F. The van der Waals surface area contributed by atoms with Gasteiger partial charge in [-0.15, -0.1) is 0 Å². The highest BCUT2D eigenvalue weighted by molar-refractivity contribution is 5.94. The fourth-order valence-corrected chi connectivity index (χ4v) is 4.95. The first kappa shape index (κ1) is 18.0. The van der Waals surface area contributed by atoms with E-state index in [1.54, 1.807) is 0 Å². The monoisotopic (exact) mass is 402 g/mol. The molecular formula is C20H17F3N4O2. The summed E-state index contributed by atoms with van der Waals surface area (Å²) in [5, 5.41) is 12.8. The molecule has 2 saturated carbocycles. The number of benzene rings is 1. The molecule has 0 aliphatic heterocycles. The summed E-state index contributed by atoms with van der Waals surface area (Å²) in [5.41, 5.74) is 0.423. The van der Waals surface area contributed by atoms with Crippen LogP contribution in [0.15, 0.2) is 24.5 Å². The topological polar surface area (TPSA) is 90.9 Å². The van der Waals surface area contributed by atoms with Crippen LogP contribution in [0, 0.1) is 35.2 Å². The predicted octanol–water partition coefficient (Wildman–Crippen LogP) is 3.95. The van der Waals surface area contributed by atoms with Crippen molar-refractivity contribution >= 4 is 22.7 Å². The second-order valence-corrected chi connectivity index (χ2v) is 7.77. The number of aromatic nitrogens is 3. The maximum absolute atomic E-state index is 14.4. The molecule has 0 amide bonds. The summed E-state index contributed by atoms with van der Waals surface area (Å²) in [6.07, 6.45) is 4.97. The van der Waals surface area contributed by atoms with Gasteiger partial charge in [0.05, 0.1) is 17.6 Å². The van der Waals surface area contributed by atoms with Crippen LogP contribution < -0.4 is 5.32 Å². The summed E-state index contributed by atoms with van der Waals surface area (Å²) in [6, 6.07) is 1.50. The number of hydrogen-bond donors (Lipinski definition) is 3. The smallest absolute Gasteiger partial charge is 0.308 e. The third-order valence-electron chi connectivity index (χ3n) is 6.20. The summed E-state index contributed by atoms with van der Waals surface area (Å²) in [5.74, 6) is -3.49. The van der Waals surface area contributed by atoms with Gasteiger partial charge in [-0.2, -0.15) is 0 Å². The lowest BCUT2D eigenvalue weighted by Crippen LogP contribution is -2.39. The Kier molecular flexibility index (Phi) is 4.01. The van der Waals surface area contributed by atoms with E-state index in [-0.39, 0.29) is 34.4 Å². The van der Waals surface area contributed by atoms with Crippen molar-refractivity contribution in [3.05, 3.63) is 42.0 Å². The van der Waals surface area contributed by atoms with Crippen molar-refractivity contribution < 1.29 is 23.1 Å².